The van der Waals surface area contributed by atoms with Crippen molar-refractivity contribution in [3.63, 3.8) is 0 Å². The molecule has 18 heavy (non-hydrogen) atoms. The minimum atomic E-state index is -0.957. The molecule has 0 spiro atoms. The monoisotopic (exact) mass is 252 g/mol. The summed E-state index contributed by atoms with van der Waals surface area (Å²) in [5.74, 6) is 0.905. The predicted molar refractivity (Wildman–Crippen MR) is 69.3 cm³/mol. The summed E-state index contributed by atoms with van der Waals surface area (Å²) in [7, 11) is 1.51. The Hall–Kier alpha value is -1.55. The second kappa shape index (κ2) is 5.87. The number of carbonyl (C=O) groups is 1. The smallest absolute Gasteiger partial charge is 0.171 e. The molecule has 1 aromatic rings. The number of hydrogen-bond acceptors (Lipinski definition) is 4. The third-order valence-corrected chi connectivity index (χ3v) is 3.11. The number of ether oxygens (including phenoxy) is 2. The summed E-state index contributed by atoms with van der Waals surface area (Å²) in [6.45, 7) is 5.62. The molecular formula is C14H20O4. The standard InChI is InChI=1S/C14H20O4/c1-10(2)14(3,16)9-18-13-11(8-15)6-5-7-12(13)17-4/h5-8,10,16H,9H2,1-4H3. The lowest BCUT2D eigenvalue weighted by Gasteiger charge is -2.28. The lowest BCUT2D eigenvalue weighted by Crippen LogP contribution is -2.38. The van der Waals surface area contributed by atoms with Crippen molar-refractivity contribution < 1.29 is 19.4 Å². The van der Waals surface area contributed by atoms with Crippen molar-refractivity contribution in [2.75, 3.05) is 13.7 Å². The maximum absolute atomic E-state index is 11.0. The lowest BCUT2D eigenvalue weighted by molar-refractivity contribution is -0.0272. The van der Waals surface area contributed by atoms with Crippen LogP contribution in [-0.2, 0) is 0 Å². The van der Waals surface area contributed by atoms with E-state index in [4.69, 9.17) is 9.47 Å². The van der Waals surface area contributed by atoms with Crippen molar-refractivity contribution in [2.45, 2.75) is 26.4 Å². The van der Waals surface area contributed by atoms with Crippen LogP contribution in [0, 0.1) is 5.92 Å². The summed E-state index contributed by atoms with van der Waals surface area (Å²) in [4.78, 5) is 11.0. The Kier molecular flexibility index (Phi) is 4.73. The number of methoxy groups -OCH3 is 1. The van der Waals surface area contributed by atoms with Crippen molar-refractivity contribution in [1.82, 2.24) is 0 Å². The van der Waals surface area contributed by atoms with Gasteiger partial charge in [-0.3, -0.25) is 4.79 Å². The molecule has 0 aromatic heterocycles. The Morgan fingerprint density at radius 3 is 2.61 bits per heavy atom. The van der Waals surface area contributed by atoms with Gasteiger partial charge in [-0.25, -0.2) is 0 Å². The highest BCUT2D eigenvalue weighted by molar-refractivity contribution is 5.81. The first-order valence-electron chi connectivity index (χ1n) is 5.89. The van der Waals surface area contributed by atoms with Gasteiger partial charge in [-0.1, -0.05) is 19.9 Å². The highest BCUT2D eigenvalue weighted by Crippen LogP contribution is 2.31. The minimum Gasteiger partial charge on any atom is -0.493 e. The topological polar surface area (TPSA) is 55.8 Å². The van der Waals surface area contributed by atoms with Crippen LogP contribution in [0.5, 0.6) is 11.5 Å². The van der Waals surface area contributed by atoms with E-state index >= 15 is 0 Å². The zero-order valence-electron chi connectivity index (χ0n) is 11.3. The molecular weight excluding hydrogens is 232 g/mol. The molecule has 0 amide bonds. The van der Waals surface area contributed by atoms with Gasteiger partial charge >= 0.3 is 0 Å². The van der Waals surface area contributed by atoms with E-state index in [0.29, 0.717) is 23.3 Å². The van der Waals surface area contributed by atoms with Crippen molar-refractivity contribution in [3.8, 4) is 11.5 Å². The Morgan fingerprint density at radius 1 is 1.44 bits per heavy atom. The number of aldehydes is 1. The van der Waals surface area contributed by atoms with Gasteiger partial charge in [0, 0.05) is 0 Å². The number of benzene rings is 1. The van der Waals surface area contributed by atoms with Crippen molar-refractivity contribution in [2.24, 2.45) is 5.92 Å². The van der Waals surface area contributed by atoms with Crippen LogP contribution < -0.4 is 9.47 Å². The molecule has 100 valence electrons. The van der Waals surface area contributed by atoms with Crippen LogP contribution in [0.1, 0.15) is 31.1 Å². The molecule has 0 aliphatic rings. The normalized spacial score (nSPS) is 14.1. The number of rotatable bonds is 6. The Balaban J connectivity index is 2.93. The second-order valence-corrected chi connectivity index (χ2v) is 4.80. The van der Waals surface area contributed by atoms with Crippen molar-refractivity contribution in [3.05, 3.63) is 23.8 Å². The van der Waals surface area contributed by atoms with Gasteiger partial charge in [0.15, 0.2) is 17.8 Å². The predicted octanol–water partition coefficient (Wildman–Crippen LogP) is 2.29. The van der Waals surface area contributed by atoms with E-state index in [-0.39, 0.29) is 12.5 Å². The molecule has 0 fully saturated rings. The van der Waals surface area contributed by atoms with Crippen molar-refractivity contribution >= 4 is 6.29 Å². The summed E-state index contributed by atoms with van der Waals surface area (Å²) < 4.78 is 10.7. The molecule has 1 atom stereocenters. The molecule has 1 aromatic carbocycles. The molecule has 0 saturated carbocycles. The molecule has 0 aliphatic carbocycles. The average Bonchev–Trinajstić information content (AvgIpc) is 2.35. The SMILES string of the molecule is COc1cccc(C=O)c1OCC(C)(O)C(C)C. The van der Waals surface area contributed by atoms with Crippen LogP contribution in [0.4, 0.5) is 0 Å². The fraction of sp³-hybridized carbons (Fsp3) is 0.500. The van der Waals surface area contributed by atoms with Crippen LogP contribution in [0.2, 0.25) is 0 Å². The van der Waals surface area contributed by atoms with Gasteiger partial charge in [0.1, 0.15) is 6.61 Å². The van der Waals surface area contributed by atoms with Gasteiger partial charge in [0.2, 0.25) is 0 Å². The van der Waals surface area contributed by atoms with Crippen LogP contribution >= 0.6 is 0 Å². The number of para-hydroxylation sites is 1. The maximum Gasteiger partial charge on any atom is 0.171 e. The van der Waals surface area contributed by atoms with E-state index < -0.39 is 5.60 Å². The zero-order valence-corrected chi connectivity index (χ0v) is 11.3. The highest BCUT2D eigenvalue weighted by atomic mass is 16.5. The summed E-state index contributed by atoms with van der Waals surface area (Å²) in [5, 5.41) is 10.1. The first-order valence-corrected chi connectivity index (χ1v) is 5.89. The molecule has 0 saturated heterocycles. The van der Waals surface area contributed by atoms with Crippen LogP contribution in [-0.4, -0.2) is 30.7 Å². The lowest BCUT2D eigenvalue weighted by atomic mass is 9.94. The average molecular weight is 252 g/mol. The third kappa shape index (κ3) is 3.23. The molecule has 4 nitrogen and oxygen atoms in total. The largest absolute Gasteiger partial charge is 0.493 e. The van der Waals surface area contributed by atoms with E-state index in [0.717, 1.165) is 0 Å². The molecule has 4 heteroatoms. The van der Waals surface area contributed by atoms with E-state index in [1.807, 2.05) is 13.8 Å². The molecule has 1 N–H and O–H groups in total. The quantitative estimate of drug-likeness (QED) is 0.789. The minimum absolute atomic E-state index is 0.0480. The van der Waals surface area contributed by atoms with Crippen LogP contribution in [0.15, 0.2) is 18.2 Å². The van der Waals surface area contributed by atoms with Gasteiger partial charge in [0.05, 0.1) is 18.3 Å². The van der Waals surface area contributed by atoms with Crippen molar-refractivity contribution in [1.29, 1.82) is 0 Å². The van der Waals surface area contributed by atoms with Gasteiger partial charge in [-0.2, -0.15) is 0 Å². The summed E-state index contributed by atoms with van der Waals surface area (Å²) in [6.07, 6.45) is 0.710. The number of carbonyl (C=O) groups excluding carboxylic acids is 1. The van der Waals surface area contributed by atoms with E-state index in [2.05, 4.69) is 0 Å². The van der Waals surface area contributed by atoms with Gasteiger partial charge < -0.3 is 14.6 Å². The van der Waals surface area contributed by atoms with E-state index in [9.17, 15) is 9.90 Å². The molecule has 0 heterocycles. The number of hydrogen-bond donors (Lipinski definition) is 1. The summed E-state index contributed by atoms with van der Waals surface area (Å²) in [6, 6.07) is 5.08. The second-order valence-electron chi connectivity index (χ2n) is 4.80. The van der Waals surface area contributed by atoms with E-state index in [1.165, 1.54) is 7.11 Å². The fourth-order valence-corrected chi connectivity index (χ4v) is 1.33. The molecule has 1 unspecified atom stereocenters. The maximum atomic E-state index is 11.0. The first kappa shape index (κ1) is 14.5. The summed E-state index contributed by atoms with van der Waals surface area (Å²) in [5.41, 5.74) is -0.546. The van der Waals surface area contributed by atoms with Gasteiger partial charge in [0.25, 0.3) is 0 Å². The number of aliphatic hydroxyl groups is 1. The Bertz CT molecular complexity index is 410. The molecule has 0 bridgehead atoms. The molecule has 0 radical (unpaired) electrons. The summed E-state index contributed by atoms with van der Waals surface area (Å²) >= 11 is 0. The first-order chi connectivity index (χ1) is 8.42. The van der Waals surface area contributed by atoms with Crippen LogP contribution in [0.25, 0.3) is 0 Å². The van der Waals surface area contributed by atoms with E-state index in [1.54, 1.807) is 25.1 Å². The highest BCUT2D eigenvalue weighted by Gasteiger charge is 2.26. The van der Waals surface area contributed by atoms with Crippen LogP contribution in [0.3, 0.4) is 0 Å². The molecule has 1 rings (SSSR count). The molecule has 0 aliphatic heterocycles. The fourth-order valence-electron chi connectivity index (χ4n) is 1.33. The van der Waals surface area contributed by atoms with Gasteiger partial charge in [-0.15, -0.1) is 0 Å². The third-order valence-electron chi connectivity index (χ3n) is 3.11. The Morgan fingerprint density at radius 2 is 2.11 bits per heavy atom. The van der Waals surface area contributed by atoms with Gasteiger partial charge in [-0.05, 0) is 25.0 Å². The Labute approximate surface area is 108 Å². The zero-order chi connectivity index (χ0) is 13.8.